The van der Waals surface area contributed by atoms with Crippen LogP contribution in [0.3, 0.4) is 0 Å². The van der Waals surface area contributed by atoms with Crippen molar-refractivity contribution in [3.8, 4) is 0 Å². The molecule has 0 bridgehead atoms. The van der Waals surface area contributed by atoms with Gasteiger partial charge in [0.05, 0.1) is 12.2 Å². The Morgan fingerprint density at radius 1 is 1.75 bits per heavy atom. The Bertz CT molecular complexity index is 86.5. The highest BCUT2D eigenvalue weighted by Gasteiger charge is 2.35. The predicted octanol–water partition coefficient (Wildman–Crippen LogP) is -0.812. The third-order valence-corrected chi connectivity index (χ3v) is 1.87. The normalized spacial score (nSPS) is 46.0. The van der Waals surface area contributed by atoms with Gasteiger partial charge in [0.2, 0.25) is 0 Å². The summed E-state index contributed by atoms with van der Waals surface area (Å²) >= 11 is 0. The van der Waals surface area contributed by atoms with Gasteiger partial charge in [0.15, 0.2) is 0 Å². The molecule has 0 radical (unpaired) electrons. The molecule has 0 amide bonds. The maximum absolute atomic E-state index is 9.05. The Morgan fingerprint density at radius 3 is 2.50 bits per heavy atom. The molecule has 1 aliphatic carbocycles. The van der Waals surface area contributed by atoms with E-state index in [0.29, 0.717) is 5.82 Å². The van der Waals surface area contributed by atoms with Crippen LogP contribution in [0.1, 0.15) is 6.42 Å². The fraction of sp³-hybridized carbons (Fsp3) is 1.00. The van der Waals surface area contributed by atoms with Gasteiger partial charge in [-0.25, -0.2) is 0 Å². The molecule has 1 rings (SSSR count). The minimum absolute atomic E-state index is 0.116. The lowest BCUT2D eigenvalue weighted by Gasteiger charge is -2.37. The van der Waals surface area contributed by atoms with Crippen molar-refractivity contribution in [3.05, 3.63) is 0 Å². The van der Waals surface area contributed by atoms with Gasteiger partial charge in [0, 0.05) is 7.11 Å². The highest BCUT2D eigenvalue weighted by molar-refractivity contribution is 6.12. The standard InChI is InChI=1S/C5H11BO2/c1-8-4-2-3(6)5(4)7/h3-5,7H,2,6H2,1H3. The van der Waals surface area contributed by atoms with Gasteiger partial charge in [-0.3, -0.25) is 0 Å². The molecular weight excluding hydrogens is 103 g/mol. The van der Waals surface area contributed by atoms with E-state index < -0.39 is 0 Å². The molecule has 3 heteroatoms. The molecule has 0 aromatic carbocycles. The zero-order valence-corrected chi connectivity index (χ0v) is 5.29. The summed E-state index contributed by atoms with van der Waals surface area (Å²) in [4.78, 5) is 0. The highest BCUT2D eigenvalue weighted by atomic mass is 16.5. The Hall–Kier alpha value is -0.0151. The van der Waals surface area contributed by atoms with Crippen LogP contribution in [0.25, 0.3) is 0 Å². The summed E-state index contributed by atoms with van der Waals surface area (Å²) < 4.78 is 4.92. The summed E-state index contributed by atoms with van der Waals surface area (Å²) in [6.45, 7) is 0. The molecule has 0 aromatic heterocycles. The summed E-state index contributed by atoms with van der Waals surface area (Å²) in [5.74, 6) is 0.444. The Balaban J connectivity index is 2.25. The van der Waals surface area contributed by atoms with E-state index in [1.54, 1.807) is 7.11 Å². The predicted molar refractivity (Wildman–Crippen MR) is 33.7 cm³/mol. The van der Waals surface area contributed by atoms with Crippen molar-refractivity contribution in [2.45, 2.75) is 24.4 Å². The average molecular weight is 114 g/mol. The van der Waals surface area contributed by atoms with Crippen molar-refractivity contribution in [3.63, 3.8) is 0 Å². The van der Waals surface area contributed by atoms with Gasteiger partial charge >= 0.3 is 0 Å². The summed E-state index contributed by atoms with van der Waals surface area (Å²) in [7, 11) is 3.67. The Labute approximate surface area is 50.3 Å². The van der Waals surface area contributed by atoms with Crippen LogP contribution in [0.4, 0.5) is 0 Å². The van der Waals surface area contributed by atoms with Crippen molar-refractivity contribution in [2.75, 3.05) is 7.11 Å². The van der Waals surface area contributed by atoms with E-state index in [4.69, 9.17) is 9.84 Å². The van der Waals surface area contributed by atoms with Crippen molar-refractivity contribution >= 4 is 7.85 Å². The summed E-state index contributed by atoms with van der Waals surface area (Å²) in [6.07, 6.45) is 0.919. The van der Waals surface area contributed by atoms with E-state index >= 15 is 0 Å². The van der Waals surface area contributed by atoms with E-state index in [1.807, 2.05) is 7.85 Å². The maximum Gasteiger partial charge on any atom is 0.108 e. The number of hydrogen-bond donors (Lipinski definition) is 1. The van der Waals surface area contributed by atoms with Gasteiger partial charge in [-0.05, 0) is 12.2 Å². The molecule has 8 heavy (non-hydrogen) atoms. The lowest BCUT2D eigenvalue weighted by Crippen LogP contribution is -2.43. The van der Waals surface area contributed by atoms with Gasteiger partial charge in [-0.2, -0.15) is 0 Å². The molecule has 0 aromatic rings. The van der Waals surface area contributed by atoms with Gasteiger partial charge < -0.3 is 9.84 Å². The fourth-order valence-corrected chi connectivity index (χ4v) is 1.05. The van der Waals surface area contributed by atoms with E-state index in [1.165, 1.54) is 0 Å². The number of aliphatic hydroxyl groups is 1. The molecule has 1 saturated carbocycles. The molecule has 0 spiro atoms. The molecule has 3 unspecified atom stereocenters. The van der Waals surface area contributed by atoms with E-state index in [9.17, 15) is 0 Å². The van der Waals surface area contributed by atoms with Gasteiger partial charge in [-0.15, -0.1) is 0 Å². The third kappa shape index (κ3) is 0.760. The number of aliphatic hydroxyl groups excluding tert-OH is 1. The van der Waals surface area contributed by atoms with Crippen LogP contribution in [0.15, 0.2) is 0 Å². The van der Waals surface area contributed by atoms with E-state index in [2.05, 4.69) is 0 Å². The Morgan fingerprint density at radius 2 is 2.38 bits per heavy atom. The fourth-order valence-electron chi connectivity index (χ4n) is 1.05. The van der Waals surface area contributed by atoms with Crippen LogP contribution in [0.5, 0.6) is 0 Å². The minimum Gasteiger partial charge on any atom is -0.391 e. The van der Waals surface area contributed by atoms with Crippen molar-refractivity contribution in [2.24, 2.45) is 0 Å². The third-order valence-electron chi connectivity index (χ3n) is 1.87. The topological polar surface area (TPSA) is 29.5 Å². The number of rotatable bonds is 1. The monoisotopic (exact) mass is 114 g/mol. The number of ether oxygens (including phenoxy) is 1. The quantitative estimate of drug-likeness (QED) is 0.451. The summed E-state index contributed by atoms with van der Waals surface area (Å²) in [5.41, 5.74) is 0. The zero-order valence-electron chi connectivity index (χ0n) is 5.29. The van der Waals surface area contributed by atoms with Gasteiger partial charge in [-0.1, -0.05) is 0 Å². The zero-order chi connectivity index (χ0) is 6.15. The van der Waals surface area contributed by atoms with Crippen molar-refractivity contribution < 1.29 is 9.84 Å². The average Bonchev–Trinajstić information content (AvgIpc) is 1.81. The first-order valence-corrected chi connectivity index (χ1v) is 2.96. The lowest BCUT2D eigenvalue weighted by atomic mass is 9.66. The second-order valence-corrected chi connectivity index (χ2v) is 2.48. The summed E-state index contributed by atoms with van der Waals surface area (Å²) in [5, 5.41) is 9.05. The molecule has 0 heterocycles. The van der Waals surface area contributed by atoms with Gasteiger partial charge in [0.25, 0.3) is 0 Å². The highest BCUT2D eigenvalue weighted by Crippen LogP contribution is 2.32. The molecule has 1 aliphatic rings. The molecule has 0 saturated heterocycles. The second-order valence-electron chi connectivity index (χ2n) is 2.48. The first-order valence-electron chi connectivity index (χ1n) is 2.96. The Kier molecular flexibility index (Phi) is 1.58. The van der Waals surface area contributed by atoms with Crippen LogP contribution in [-0.4, -0.2) is 32.3 Å². The minimum atomic E-state index is -0.208. The SMILES string of the molecule is BC1CC(OC)C1O. The van der Waals surface area contributed by atoms with Crippen LogP contribution < -0.4 is 0 Å². The van der Waals surface area contributed by atoms with E-state index in [0.717, 1.165) is 6.42 Å². The van der Waals surface area contributed by atoms with Crippen LogP contribution in [-0.2, 0) is 4.74 Å². The van der Waals surface area contributed by atoms with Crippen LogP contribution in [0.2, 0.25) is 5.82 Å². The second kappa shape index (κ2) is 2.07. The molecule has 2 nitrogen and oxygen atoms in total. The largest absolute Gasteiger partial charge is 0.391 e. The molecule has 0 aliphatic heterocycles. The van der Waals surface area contributed by atoms with Crippen molar-refractivity contribution in [1.29, 1.82) is 0 Å². The number of methoxy groups -OCH3 is 1. The van der Waals surface area contributed by atoms with Crippen molar-refractivity contribution in [1.82, 2.24) is 0 Å². The van der Waals surface area contributed by atoms with Crippen LogP contribution in [0, 0.1) is 0 Å². The lowest BCUT2D eigenvalue weighted by molar-refractivity contribution is -0.0748. The first-order chi connectivity index (χ1) is 3.75. The molecule has 3 atom stereocenters. The first kappa shape index (κ1) is 6.11. The number of hydrogen-bond acceptors (Lipinski definition) is 2. The maximum atomic E-state index is 9.05. The smallest absolute Gasteiger partial charge is 0.108 e. The van der Waals surface area contributed by atoms with Gasteiger partial charge in [0.1, 0.15) is 7.85 Å². The molecule has 1 fully saturated rings. The molecule has 46 valence electrons. The summed E-state index contributed by atoms with van der Waals surface area (Å²) in [6, 6.07) is 0. The molecule has 1 N–H and O–H groups in total. The van der Waals surface area contributed by atoms with Crippen LogP contribution >= 0.6 is 0 Å². The molecular formula is C5H11BO2. The van der Waals surface area contributed by atoms with E-state index in [-0.39, 0.29) is 12.2 Å².